The van der Waals surface area contributed by atoms with Gasteiger partial charge in [-0.2, -0.15) is 0 Å². The zero-order valence-electron chi connectivity index (χ0n) is 12.1. The van der Waals surface area contributed by atoms with Crippen molar-refractivity contribution in [1.82, 2.24) is 4.72 Å². The Hall–Kier alpha value is -1.85. The van der Waals surface area contributed by atoms with Crippen LogP contribution in [0, 0.1) is 0 Å². The molecule has 0 radical (unpaired) electrons. The van der Waals surface area contributed by atoms with Gasteiger partial charge in [-0.3, -0.25) is 0 Å². The van der Waals surface area contributed by atoms with Crippen LogP contribution in [0.2, 0.25) is 0 Å². The summed E-state index contributed by atoms with van der Waals surface area (Å²) in [7, 11) is -3.55. The van der Waals surface area contributed by atoms with Crippen molar-refractivity contribution in [2.45, 2.75) is 30.7 Å². The van der Waals surface area contributed by atoms with Crippen molar-refractivity contribution < 1.29 is 13.5 Å². The first kappa shape index (κ1) is 15.5. The summed E-state index contributed by atoms with van der Waals surface area (Å²) >= 11 is 0. The van der Waals surface area contributed by atoms with Gasteiger partial charge in [0.1, 0.15) is 5.75 Å². The van der Waals surface area contributed by atoms with Crippen molar-refractivity contribution in [3.05, 3.63) is 60.2 Å². The number of sulfonamides is 1. The summed E-state index contributed by atoms with van der Waals surface area (Å²) in [6.07, 6.45) is 0.527. The van der Waals surface area contributed by atoms with Crippen molar-refractivity contribution in [2.75, 3.05) is 0 Å². The molecule has 0 saturated heterocycles. The summed E-state index contributed by atoms with van der Waals surface area (Å²) in [6, 6.07) is 15.1. The number of hydrogen-bond donors (Lipinski definition) is 2. The van der Waals surface area contributed by atoms with E-state index in [0.29, 0.717) is 6.42 Å². The molecule has 2 aromatic rings. The Balaban J connectivity index is 2.15. The molecule has 21 heavy (non-hydrogen) atoms. The average Bonchev–Trinajstić information content (AvgIpc) is 2.41. The standard InChI is InChI=1S/C16H19NO3S/c1-16(2,12-13-8-10-14(18)11-9-13)17-21(19,20)15-6-4-3-5-7-15/h3-11,17-18H,12H2,1-2H3. The van der Waals surface area contributed by atoms with Gasteiger partial charge in [0.05, 0.1) is 4.90 Å². The van der Waals surface area contributed by atoms with Crippen LogP contribution in [0.15, 0.2) is 59.5 Å². The first-order valence-electron chi connectivity index (χ1n) is 6.65. The normalized spacial score (nSPS) is 12.3. The topological polar surface area (TPSA) is 66.4 Å². The van der Waals surface area contributed by atoms with Crippen molar-refractivity contribution in [3.8, 4) is 5.75 Å². The van der Waals surface area contributed by atoms with Crippen molar-refractivity contribution in [1.29, 1.82) is 0 Å². The number of phenols is 1. The summed E-state index contributed by atoms with van der Waals surface area (Å²) < 4.78 is 27.4. The zero-order chi connectivity index (χ0) is 15.5. The van der Waals surface area contributed by atoms with Crippen LogP contribution in [0.1, 0.15) is 19.4 Å². The monoisotopic (exact) mass is 305 g/mol. The molecule has 0 aliphatic rings. The molecule has 0 heterocycles. The molecule has 0 aromatic heterocycles. The van der Waals surface area contributed by atoms with E-state index < -0.39 is 15.6 Å². The fourth-order valence-electron chi connectivity index (χ4n) is 2.18. The minimum absolute atomic E-state index is 0.196. The van der Waals surface area contributed by atoms with E-state index in [2.05, 4.69) is 4.72 Å². The fraction of sp³-hybridized carbons (Fsp3) is 0.250. The second-order valence-electron chi connectivity index (χ2n) is 5.65. The van der Waals surface area contributed by atoms with E-state index in [1.807, 2.05) is 13.8 Å². The predicted molar refractivity (Wildman–Crippen MR) is 82.7 cm³/mol. The largest absolute Gasteiger partial charge is 0.508 e. The van der Waals surface area contributed by atoms with Crippen LogP contribution >= 0.6 is 0 Å². The second-order valence-corrected chi connectivity index (χ2v) is 7.33. The number of aromatic hydroxyl groups is 1. The number of phenolic OH excluding ortho intramolecular Hbond substituents is 1. The summed E-state index contributed by atoms with van der Waals surface area (Å²) in [4.78, 5) is 0.254. The van der Waals surface area contributed by atoms with Gasteiger partial charge in [-0.05, 0) is 50.1 Å². The van der Waals surface area contributed by atoms with Gasteiger partial charge in [0, 0.05) is 5.54 Å². The summed E-state index contributed by atoms with van der Waals surface area (Å²) in [6.45, 7) is 3.67. The Morgan fingerprint density at radius 3 is 2.14 bits per heavy atom. The van der Waals surface area contributed by atoms with E-state index >= 15 is 0 Å². The first-order chi connectivity index (χ1) is 9.78. The molecule has 0 atom stereocenters. The molecule has 4 nitrogen and oxygen atoms in total. The van der Waals surface area contributed by atoms with Gasteiger partial charge in [-0.25, -0.2) is 13.1 Å². The maximum atomic E-state index is 12.3. The van der Waals surface area contributed by atoms with E-state index in [4.69, 9.17) is 0 Å². The van der Waals surface area contributed by atoms with Crippen LogP contribution in [0.5, 0.6) is 5.75 Å². The number of hydrogen-bond acceptors (Lipinski definition) is 3. The third-order valence-electron chi connectivity index (χ3n) is 3.05. The predicted octanol–water partition coefficient (Wildman–Crippen LogP) is 2.69. The molecule has 2 aromatic carbocycles. The lowest BCUT2D eigenvalue weighted by Crippen LogP contribution is -2.44. The molecule has 2 rings (SSSR count). The third-order valence-corrected chi connectivity index (χ3v) is 4.76. The van der Waals surface area contributed by atoms with Crippen LogP contribution in [-0.2, 0) is 16.4 Å². The fourth-order valence-corrected chi connectivity index (χ4v) is 3.62. The van der Waals surface area contributed by atoms with Crippen LogP contribution in [0.25, 0.3) is 0 Å². The summed E-state index contributed by atoms with van der Waals surface area (Å²) in [5.41, 5.74) is 0.319. The number of nitrogens with one attached hydrogen (secondary N) is 1. The van der Waals surface area contributed by atoms with Crippen LogP contribution < -0.4 is 4.72 Å². The molecule has 0 aliphatic heterocycles. The Kier molecular flexibility index (Phi) is 4.34. The molecular formula is C16H19NO3S. The van der Waals surface area contributed by atoms with E-state index in [9.17, 15) is 13.5 Å². The minimum Gasteiger partial charge on any atom is -0.508 e. The Morgan fingerprint density at radius 2 is 1.57 bits per heavy atom. The molecule has 0 bridgehead atoms. The highest BCUT2D eigenvalue weighted by atomic mass is 32.2. The lowest BCUT2D eigenvalue weighted by molar-refractivity contribution is 0.448. The van der Waals surface area contributed by atoms with Gasteiger partial charge in [0.2, 0.25) is 10.0 Å². The van der Waals surface area contributed by atoms with Gasteiger partial charge in [-0.15, -0.1) is 0 Å². The van der Waals surface area contributed by atoms with Crippen molar-refractivity contribution in [2.24, 2.45) is 0 Å². The Labute approximate surface area is 125 Å². The second kappa shape index (κ2) is 5.87. The van der Waals surface area contributed by atoms with Gasteiger partial charge < -0.3 is 5.11 Å². The molecule has 0 unspecified atom stereocenters. The highest BCUT2D eigenvalue weighted by Crippen LogP contribution is 2.19. The van der Waals surface area contributed by atoms with E-state index in [-0.39, 0.29) is 10.6 Å². The molecule has 2 N–H and O–H groups in total. The van der Waals surface area contributed by atoms with E-state index in [0.717, 1.165) is 5.56 Å². The molecule has 0 amide bonds. The van der Waals surface area contributed by atoms with E-state index in [1.54, 1.807) is 54.6 Å². The van der Waals surface area contributed by atoms with Gasteiger partial charge in [0.15, 0.2) is 0 Å². The summed E-state index contributed by atoms with van der Waals surface area (Å²) in [5, 5.41) is 9.28. The Morgan fingerprint density at radius 1 is 1.00 bits per heavy atom. The molecule has 0 saturated carbocycles. The van der Waals surface area contributed by atoms with Crippen molar-refractivity contribution in [3.63, 3.8) is 0 Å². The molecule has 5 heteroatoms. The molecule has 0 aliphatic carbocycles. The SMILES string of the molecule is CC(C)(Cc1ccc(O)cc1)NS(=O)(=O)c1ccccc1. The third kappa shape index (κ3) is 4.31. The zero-order valence-corrected chi connectivity index (χ0v) is 12.9. The number of benzene rings is 2. The van der Waals surface area contributed by atoms with Gasteiger partial charge >= 0.3 is 0 Å². The lowest BCUT2D eigenvalue weighted by atomic mass is 9.96. The molecule has 112 valence electrons. The van der Waals surface area contributed by atoms with E-state index in [1.165, 1.54) is 0 Å². The molecule has 0 spiro atoms. The highest BCUT2D eigenvalue weighted by Gasteiger charge is 2.26. The van der Waals surface area contributed by atoms with Crippen LogP contribution in [0.3, 0.4) is 0 Å². The lowest BCUT2D eigenvalue weighted by Gasteiger charge is -2.26. The van der Waals surface area contributed by atoms with Crippen LogP contribution in [0.4, 0.5) is 0 Å². The highest BCUT2D eigenvalue weighted by molar-refractivity contribution is 7.89. The minimum atomic E-state index is -3.55. The van der Waals surface area contributed by atoms with Crippen molar-refractivity contribution >= 4 is 10.0 Å². The van der Waals surface area contributed by atoms with Crippen LogP contribution in [-0.4, -0.2) is 19.1 Å². The quantitative estimate of drug-likeness (QED) is 0.892. The van der Waals surface area contributed by atoms with Gasteiger partial charge in [0.25, 0.3) is 0 Å². The summed E-state index contributed by atoms with van der Waals surface area (Å²) in [5.74, 6) is 0.196. The smallest absolute Gasteiger partial charge is 0.241 e. The average molecular weight is 305 g/mol. The molecule has 0 fully saturated rings. The Bertz CT molecular complexity index is 692. The maximum absolute atomic E-state index is 12.3. The number of rotatable bonds is 5. The maximum Gasteiger partial charge on any atom is 0.241 e. The van der Waals surface area contributed by atoms with Gasteiger partial charge in [-0.1, -0.05) is 30.3 Å². The first-order valence-corrected chi connectivity index (χ1v) is 8.14. The molecular weight excluding hydrogens is 286 g/mol.